The van der Waals surface area contributed by atoms with Crippen molar-refractivity contribution in [1.82, 2.24) is 15.0 Å². The number of rotatable bonds is 5. The highest BCUT2D eigenvalue weighted by atomic mass is 16.1. The van der Waals surface area contributed by atoms with Crippen molar-refractivity contribution in [3.05, 3.63) is 42.4 Å². The normalized spacial score (nSPS) is 17.5. The smallest absolute Gasteiger partial charge is 0.225 e. The minimum absolute atomic E-state index is 0.0922. The van der Waals surface area contributed by atoms with Crippen LogP contribution in [-0.4, -0.2) is 33.9 Å². The number of hydrogen-bond donors (Lipinski definition) is 1. The van der Waals surface area contributed by atoms with E-state index in [-0.39, 0.29) is 5.91 Å². The van der Waals surface area contributed by atoms with Crippen LogP contribution in [0.25, 0.3) is 0 Å². The highest BCUT2D eigenvalue weighted by Crippen LogP contribution is 2.24. The molecule has 6 heteroatoms. The lowest BCUT2D eigenvalue weighted by molar-refractivity contribution is -0.114. The largest absolute Gasteiger partial charge is 0.341 e. The van der Waals surface area contributed by atoms with E-state index in [2.05, 4.69) is 25.2 Å². The van der Waals surface area contributed by atoms with Gasteiger partial charge in [-0.2, -0.15) is 0 Å². The highest BCUT2D eigenvalue weighted by Gasteiger charge is 2.21. The molecule has 1 N–H and O–H groups in total. The SMILES string of the molecule is CC(=O)Nc1cc(CC[C@@H]2CCCN(c3ncccn3)C2)ccn1. The van der Waals surface area contributed by atoms with Crippen LogP contribution in [0.15, 0.2) is 36.8 Å². The first kappa shape index (κ1) is 16.4. The molecule has 0 radical (unpaired) electrons. The van der Waals surface area contributed by atoms with Gasteiger partial charge in [0.2, 0.25) is 11.9 Å². The summed E-state index contributed by atoms with van der Waals surface area (Å²) in [5, 5.41) is 2.74. The van der Waals surface area contributed by atoms with Crippen molar-refractivity contribution in [1.29, 1.82) is 0 Å². The van der Waals surface area contributed by atoms with Crippen LogP contribution in [-0.2, 0) is 11.2 Å². The van der Waals surface area contributed by atoms with Gasteiger partial charge in [0, 0.05) is 38.6 Å². The third-order valence-corrected chi connectivity index (χ3v) is 4.32. The molecule has 3 heterocycles. The molecule has 0 saturated carbocycles. The van der Waals surface area contributed by atoms with Crippen molar-refractivity contribution in [2.75, 3.05) is 23.3 Å². The third-order valence-electron chi connectivity index (χ3n) is 4.32. The van der Waals surface area contributed by atoms with Gasteiger partial charge in [-0.25, -0.2) is 15.0 Å². The van der Waals surface area contributed by atoms with E-state index < -0.39 is 0 Å². The summed E-state index contributed by atoms with van der Waals surface area (Å²) < 4.78 is 0. The van der Waals surface area contributed by atoms with Gasteiger partial charge in [-0.05, 0) is 55.4 Å². The Hall–Kier alpha value is -2.50. The summed E-state index contributed by atoms with van der Waals surface area (Å²) in [4.78, 5) is 26.3. The molecular weight excluding hydrogens is 302 g/mol. The van der Waals surface area contributed by atoms with Gasteiger partial charge in [-0.3, -0.25) is 4.79 Å². The maximum absolute atomic E-state index is 11.1. The standard InChI is InChI=1S/C18H23N5O/c1-14(24)22-17-12-15(7-10-19-17)5-6-16-4-2-11-23(13-16)18-20-8-3-9-21-18/h3,7-10,12,16H,2,4-6,11,13H2,1H3,(H,19,22,24)/t16-/m0/s1. The van der Waals surface area contributed by atoms with Gasteiger partial charge in [0.05, 0.1) is 0 Å². The maximum Gasteiger partial charge on any atom is 0.225 e. The molecule has 2 aromatic heterocycles. The molecule has 1 amide bonds. The molecular formula is C18H23N5O. The van der Waals surface area contributed by atoms with Crippen molar-refractivity contribution >= 4 is 17.7 Å². The summed E-state index contributed by atoms with van der Waals surface area (Å²) in [7, 11) is 0. The number of anilines is 2. The Labute approximate surface area is 142 Å². The number of amides is 1. The quantitative estimate of drug-likeness (QED) is 0.915. The molecule has 2 aromatic rings. The summed E-state index contributed by atoms with van der Waals surface area (Å²) in [5.74, 6) is 2.01. The Morgan fingerprint density at radius 1 is 1.29 bits per heavy atom. The molecule has 0 spiro atoms. The number of pyridine rings is 1. The zero-order valence-electron chi connectivity index (χ0n) is 14.0. The van der Waals surface area contributed by atoms with Crippen molar-refractivity contribution in [2.24, 2.45) is 5.92 Å². The van der Waals surface area contributed by atoms with Gasteiger partial charge in [0.1, 0.15) is 5.82 Å². The summed E-state index contributed by atoms with van der Waals surface area (Å²) in [6.07, 6.45) is 9.88. The van der Waals surface area contributed by atoms with Gasteiger partial charge >= 0.3 is 0 Å². The van der Waals surface area contributed by atoms with Gasteiger partial charge < -0.3 is 10.2 Å². The van der Waals surface area contributed by atoms with Crippen LogP contribution in [0.4, 0.5) is 11.8 Å². The Morgan fingerprint density at radius 3 is 2.92 bits per heavy atom. The molecule has 6 nitrogen and oxygen atoms in total. The summed E-state index contributed by atoms with van der Waals surface area (Å²) in [6.45, 7) is 3.53. The van der Waals surface area contributed by atoms with E-state index in [0.717, 1.165) is 31.9 Å². The molecule has 24 heavy (non-hydrogen) atoms. The van der Waals surface area contributed by atoms with E-state index >= 15 is 0 Å². The predicted molar refractivity (Wildman–Crippen MR) is 93.8 cm³/mol. The van der Waals surface area contributed by atoms with Gasteiger partial charge in [-0.15, -0.1) is 0 Å². The van der Waals surface area contributed by atoms with E-state index in [1.165, 1.54) is 25.3 Å². The number of piperidine rings is 1. The second-order valence-corrected chi connectivity index (χ2v) is 6.27. The van der Waals surface area contributed by atoms with Crippen LogP contribution in [0.3, 0.4) is 0 Å². The number of hydrogen-bond acceptors (Lipinski definition) is 5. The van der Waals surface area contributed by atoms with E-state index in [4.69, 9.17) is 0 Å². The van der Waals surface area contributed by atoms with E-state index in [9.17, 15) is 4.79 Å². The van der Waals surface area contributed by atoms with Crippen LogP contribution >= 0.6 is 0 Å². The average Bonchev–Trinajstić information content (AvgIpc) is 2.61. The first-order valence-corrected chi connectivity index (χ1v) is 8.45. The Bertz CT molecular complexity index is 676. The lowest BCUT2D eigenvalue weighted by atomic mass is 9.92. The molecule has 1 aliphatic rings. The Kier molecular flexibility index (Phi) is 5.36. The number of carbonyl (C=O) groups excluding carboxylic acids is 1. The fraction of sp³-hybridized carbons (Fsp3) is 0.444. The topological polar surface area (TPSA) is 71.0 Å². The van der Waals surface area contributed by atoms with Crippen molar-refractivity contribution in [3.8, 4) is 0 Å². The van der Waals surface area contributed by atoms with E-state index in [1.807, 2.05) is 18.2 Å². The fourth-order valence-electron chi connectivity index (χ4n) is 3.19. The van der Waals surface area contributed by atoms with Crippen molar-refractivity contribution in [3.63, 3.8) is 0 Å². The first-order valence-electron chi connectivity index (χ1n) is 8.45. The minimum Gasteiger partial charge on any atom is -0.341 e. The number of nitrogens with one attached hydrogen (secondary N) is 1. The van der Waals surface area contributed by atoms with E-state index in [1.54, 1.807) is 18.6 Å². The molecule has 0 aromatic carbocycles. The van der Waals surface area contributed by atoms with Crippen LogP contribution in [0, 0.1) is 5.92 Å². The monoisotopic (exact) mass is 325 g/mol. The lowest BCUT2D eigenvalue weighted by Gasteiger charge is -2.32. The molecule has 3 rings (SSSR count). The van der Waals surface area contributed by atoms with Crippen LogP contribution in [0.5, 0.6) is 0 Å². The second-order valence-electron chi connectivity index (χ2n) is 6.27. The van der Waals surface area contributed by atoms with Crippen molar-refractivity contribution < 1.29 is 4.79 Å². The summed E-state index contributed by atoms with van der Waals surface area (Å²) in [6, 6.07) is 5.83. The minimum atomic E-state index is -0.0922. The predicted octanol–water partition coefficient (Wildman–Crippen LogP) is 2.68. The number of aryl methyl sites for hydroxylation is 1. The maximum atomic E-state index is 11.1. The molecule has 0 aliphatic carbocycles. The number of carbonyl (C=O) groups is 1. The van der Waals surface area contributed by atoms with Gasteiger partial charge in [0.25, 0.3) is 0 Å². The molecule has 1 aliphatic heterocycles. The lowest BCUT2D eigenvalue weighted by Crippen LogP contribution is -2.36. The zero-order valence-corrected chi connectivity index (χ0v) is 14.0. The van der Waals surface area contributed by atoms with Crippen LogP contribution in [0.1, 0.15) is 31.7 Å². The molecule has 0 unspecified atom stereocenters. The summed E-state index contributed by atoms with van der Waals surface area (Å²) in [5.41, 5.74) is 1.21. The Morgan fingerprint density at radius 2 is 2.12 bits per heavy atom. The number of aromatic nitrogens is 3. The molecule has 1 saturated heterocycles. The molecule has 126 valence electrons. The van der Waals surface area contributed by atoms with Gasteiger partial charge in [-0.1, -0.05) is 0 Å². The first-order chi connectivity index (χ1) is 11.7. The summed E-state index contributed by atoms with van der Waals surface area (Å²) >= 11 is 0. The molecule has 0 bridgehead atoms. The van der Waals surface area contributed by atoms with Crippen LogP contribution < -0.4 is 10.2 Å². The zero-order chi connectivity index (χ0) is 16.8. The van der Waals surface area contributed by atoms with Crippen LogP contribution in [0.2, 0.25) is 0 Å². The Balaban J connectivity index is 1.55. The second kappa shape index (κ2) is 7.86. The average molecular weight is 325 g/mol. The number of nitrogens with zero attached hydrogens (tertiary/aromatic N) is 4. The highest BCUT2D eigenvalue weighted by molar-refractivity contribution is 5.87. The molecule has 1 atom stereocenters. The van der Waals surface area contributed by atoms with Crippen molar-refractivity contribution in [2.45, 2.75) is 32.6 Å². The third kappa shape index (κ3) is 4.50. The fourth-order valence-corrected chi connectivity index (χ4v) is 3.19. The molecule has 1 fully saturated rings. The van der Waals surface area contributed by atoms with E-state index in [0.29, 0.717) is 11.7 Å². The van der Waals surface area contributed by atoms with Gasteiger partial charge in [0.15, 0.2) is 0 Å².